The maximum absolute atomic E-state index is 11.7. The van der Waals surface area contributed by atoms with Gasteiger partial charge in [0.15, 0.2) is 0 Å². The summed E-state index contributed by atoms with van der Waals surface area (Å²) in [6, 6.07) is 0. The molecule has 104 valence electrons. The third-order valence-corrected chi connectivity index (χ3v) is 3.38. The Bertz CT molecular complexity index is 317. The lowest BCUT2D eigenvalue weighted by molar-refractivity contribution is -0.143. The van der Waals surface area contributed by atoms with E-state index in [1.165, 1.54) is 6.92 Å². The number of carboxylic acids is 1. The van der Waals surface area contributed by atoms with E-state index in [1.54, 1.807) is 7.11 Å². The fraction of sp³-hybridized carbons (Fsp3) is 0.833. The summed E-state index contributed by atoms with van der Waals surface area (Å²) >= 11 is 0. The lowest BCUT2D eigenvalue weighted by atomic mass is 9.77. The zero-order valence-corrected chi connectivity index (χ0v) is 10.9. The molecule has 1 aliphatic carbocycles. The zero-order valence-electron chi connectivity index (χ0n) is 10.9. The minimum atomic E-state index is -1.43. The van der Waals surface area contributed by atoms with Crippen LogP contribution in [0, 0.1) is 0 Å². The summed E-state index contributed by atoms with van der Waals surface area (Å²) in [5.74, 6) is -1.32. The molecule has 0 bridgehead atoms. The van der Waals surface area contributed by atoms with Gasteiger partial charge in [-0.15, -0.1) is 0 Å². The molecule has 1 atom stereocenters. The van der Waals surface area contributed by atoms with E-state index >= 15 is 0 Å². The first kappa shape index (κ1) is 14.9. The zero-order chi connectivity index (χ0) is 13.8. The Morgan fingerprint density at radius 1 is 1.44 bits per heavy atom. The normalized spacial score (nSPS) is 20.6. The molecule has 1 rings (SSSR count). The van der Waals surface area contributed by atoms with E-state index in [0.29, 0.717) is 0 Å². The van der Waals surface area contributed by atoms with Crippen LogP contribution in [0.5, 0.6) is 0 Å². The molecule has 0 aromatic carbocycles. The van der Waals surface area contributed by atoms with Crippen molar-refractivity contribution in [2.75, 3.05) is 13.7 Å². The number of nitrogens with one attached hydrogen (secondary N) is 1. The van der Waals surface area contributed by atoms with Gasteiger partial charge in [0.25, 0.3) is 0 Å². The fourth-order valence-corrected chi connectivity index (χ4v) is 2.06. The second kappa shape index (κ2) is 5.67. The molecule has 0 saturated heterocycles. The maximum Gasteiger partial charge on any atom is 0.306 e. The van der Waals surface area contributed by atoms with Crippen LogP contribution in [0.1, 0.15) is 39.0 Å². The van der Waals surface area contributed by atoms with Crippen molar-refractivity contribution in [3.05, 3.63) is 0 Å². The Hall–Kier alpha value is -1.14. The topological polar surface area (TPSA) is 95.9 Å². The molecule has 6 nitrogen and oxygen atoms in total. The van der Waals surface area contributed by atoms with Crippen molar-refractivity contribution in [1.29, 1.82) is 0 Å². The number of methoxy groups -OCH3 is 1. The number of carbonyl (C=O) groups is 2. The van der Waals surface area contributed by atoms with Crippen LogP contribution in [0.4, 0.5) is 0 Å². The Morgan fingerprint density at radius 2 is 2.06 bits per heavy atom. The number of carboxylic acid groups (broad SMARTS) is 1. The monoisotopic (exact) mass is 259 g/mol. The third kappa shape index (κ3) is 4.27. The summed E-state index contributed by atoms with van der Waals surface area (Å²) in [6.45, 7) is 1.31. The number of aliphatic carboxylic acids is 1. The van der Waals surface area contributed by atoms with Gasteiger partial charge < -0.3 is 20.3 Å². The molecule has 0 aromatic heterocycles. The first-order chi connectivity index (χ1) is 8.29. The average Bonchev–Trinajstić information content (AvgIpc) is 2.19. The summed E-state index contributed by atoms with van der Waals surface area (Å²) < 4.78 is 5.32. The van der Waals surface area contributed by atoms with Gasteiger partial charge in [0.1, 0.15) is 0 Å². The quantitative estimate of drug-likeness (QED) is 0.610. The van der Waals surface area contributed by atoms with Crippen molar-refractivity contribution >= 4 is 11.9 Å². The van der Waals surface area contributed by atoms with E-state index in [-0.39, 0.29) is 24.5 Å². The molecule has 0 radical (unpaired) electrons. The molecule has 0 aromatic rings. The van der Waals surface area contributed by atoms with Gasteiger partial charge in [0.2, 0.25) is 5.91 Å². The fourth-order valence-electron chi connectivity index (χ4n) is 2.06. The van der Waals surface area contributed by atoms with E-state index in [9.17, 15) is 14.7 Å². The molecule has 1 fully saturated rings. The van der Waals surface area contributed by atoms with Gasteiger partial charge in [-0.3, -0.25) is 9.59 Å². The molecule has 0 heterocycles. The number of aliphatic hydroxyl groups is 1. The van der Waals surface area contributed by atoms with Crippen molar-refractivity contribution in [2.24, 2.45) is 0 Å². The number of carbonyl (C=O) groups excluding carboxylic acids is 1. The van der Waals surface area contributed by atoms with Gasteiger partial charge in [-0.25, -0.2) is 0 Å². The van der Waals surface area contributed by atoms with Gasteiger partial charge in [0.05, 0.1) is 24.0 Å². The minimum absolute atomic E-state index is 0.0715. The van der Waals surface area contributed by atoms with Gasteiger partial charge >= 0.3 is 5.97 Å². The van der Waals surface area contributed by atoms with Gasteiger partial charge in [-0.2, -0.15) is 0 Å². The van der Waals surface area contributed by atoms with E-state index in [2.05, 4.69) is 5.32 Å². The Balaban J connectivity index is 2.34. The molecular weight excluding hydrogens is 238 g/mol. The Labute approximate surface area is 106 Å². The highest BCUT2D eigenvalue weighted by molar-refractivity contribution is 5.77. The van der Waals surface area contributed by atoms with Gasteiger partial charge in [-0.1, -0.05) is 0 Å². The Morgan fingerprint density at radius 3 is 2.44 bits per heavy atom. The van der Waals surface area contributed by atoms with Gasteiger partial charge in [0, 0.05) is 13.7 Å². The molecule has 0 aliphatic heterocycles. The number of hydrogen-bond donors (Lipinski definition) is 3. The molecule has 0 spiro atoms. The highest BCUT2D eigenvalue weighted by Crippen LogP contribution is 2.37. The van der Waals surface area contributed by atoms with Crippen LogP contribution < -0.4 is 5.32 Å². The Kier molecular flexibility index (Phi) is 4.70. The molecule has 18 heavy (non-hydrogen) atoms. The van der Waals surface area contributed by atoms with Crippen molar-refractivity contribution < 1.29 is 24.5 Å². The van der Waals surface area contributed by atoms with Crippen LogP contribution in [-0.4, -0.2) is 46.9 Å². The summed E-state index contributed by atoms with van der Waals surface area (Å²) in [6.07, 6.45) is 2.64. The van der Waals surface area contributed by atoms with Crippen LogP contribution in [0.3, 0.4) is 0 Å². The predicted octanol–water partition coefficient (Wildman–Crippen LogP) is 0.287. The number of ether oxygens (including phenoxy) is 1. The number of hydrogen-bond acceptors (Lipinski definition) is 4. The van der Waals surface area contributed by atoms with E-state index < -0.39 is 18.0 Å². The number of rotatable bonds is 7. The summed E-state index contributed by atoms with van der Waals surface area (Å²) in [5, 5.41) is 20.9. The van der Waals surface area contributed by atoms with E-state index in [4.69, 9.17) is 9.84 Å². The maximum atomic E-state index is 11.7. The van der Waals surface area contributed by atoms with Gasteiger partial charge in [-0.05, 0) is 26.2 Å². The second-order valence-corrected chi connectivity index (χ2v) is 5.26. The molecule has 1 amide bonds. The summed E-state index contributed by atoms with van der Waals surface area (Å²) in [7, 11) is 1.59. The van der Waals surface area contributed by atoms with Crippen LogP contribution in [0.15, 0.2) is 0 Å². The van der Waals surface area contributed by atoms with Crippen LogP contribution >= 0.6 is 0 Å². The van der Waals surface area contributed by atoms with Crippen molar-refractivity contribution in [2.45, 2.75) is 50.2 Å². The van der Waals surface area contributed by atoms with Crippen molar-refractivity contribution in [1.82, 2.24) is 5.32 Å². The van der Waals surface area contributed by atoms with Crippen LogP contribution in [-0.2, 0) is 14.3 Å². The largest absolute Gasteiger partial charge is 0.481 e. The summed E-state index contributed by atoms with van der Waals surface area (Å²) in [5.41, 5.74) is -1.79. The van der Waals surface area contributed by atoms with E-state index in [1.807, 2.05) is 0 Å². The van der Waals surface area contributed by atoms with Crippen LogP contribution in [0.2, 0.25) is 0 Å². The highest BCUT2D eigenvalue weighted by Gasteiger charge is 2.39. The summed E-state index contributed by atoms with van der Waals surface area (Å²) in [4.78, 5) is 22.2. The van der Waals surface area contributed by atoms with E-state index in [0.717, 1.165) is 19.3 Å². The second-order valence-electron chi connectivity index (χ2n) is 5.26. The lowest BCUT2D eigenvalue weighted by Gasteiger charge is -2.40. The minimum Gasteiger partial charge on any atom is -0.481 e. The highest BCUT2D eigenvalue weighted by atomic mass is 16.5. The molecule has 1 aliphatic rings. The van der Waals surface area contributed by atoms with Crippen molar-refractivity contribution in [3.8, 4) is 0 Å². The van der Waals surface area contributed by atoms with Crippen molar-refractivity contribution in [3.63, 3.8) is 0 Å². The molecule has 6 heteroatoms. The molecule has 3 N–H and O–H groups in total. The molecular formula is C12H21NO5. The molecule has 1 saturated carbocycles. The third-order valence-electron chi connectivity index (χ3n) is 3.38. The first-order valence-electron chi connectivity index (χ1n) is 6.05. The number of amides is 1. The molecule has 1 unspecified atom stereocenters. The first-order valence-corrected chi connectivity index (χ1v) is 6.05. The average molecular weight is 259 g/mol. The predicted molar refractivity (Wildman–Crippen MR) is 64.1 cm³/mol. The lowest BCUT2D eigenvalue weighted by Crippen LogP contribution is -2.47. The van der Waals surface area contributed by atoms with Crippen LogP contribution in [0.25, 0.3) is 0 Å². The smallest absolute Gasteiger partial charge is 0.306 e. The standard InChI is InChI=1S/C12H21NO5/c1-11(17,7-10(15)16)8-13-9(14)6-12(18-2)4-3-5-12/h17H,3-8H2,1-2H3,(H,13,14)(H,15,16). The SMILES string of the molecule is COC1(CC(=O)NCC(C)(O)CC(=O)O)CCC1.